The van der Waals surface area contributed by atoms with Crippen LogP contribution in [0.25, 0.3) is 10.9 Å². The van der Waals surface area contributed by atoms with Crippen molar-refractivity contribution in [3.63, 3.8) is 0 Å². The first kappa shape index (κ1) is 27.2. The van der Waals surface area contributed by atoms with Gasteiger partial charge in [0.15, 0.2) is 0 Å². The van der Waals surface area contributed by atoms with Gasteiger partial charge in [0.25, 0.3) is 0 Å². The summed E-state index contributed by atoms with van der Waals surface area (Å²) < 4.78 is 7.04. The van der Waals surface area contributed by atoms with Gasteiger partial charge < -0.3 is 30.2 Å². The molecule has 2 aromatic carbocycles. The van der Waals surface area contributed by atoms with Crippen LogP contribution in [-0.2, 0) is 16.0 Å². The fraction of sp³-hybridized carbons (Fsp3) is 0.357. The van der Waals surface area contributed by atoms with Crippen molar-refractivity contribution in [2.24, 2.45) is 0 Å². The standard InChI is InChI=1S/C28H32IN3O5/c1-2-26(34)32(13-11-20-15-18-7-3-5-9-22(18)31-20)23-16-19(28(36)30-12-14-33)17-25(27(23)35)37-24-10-6-4-8-21(24)29/h3-10,15,17,23,25,27,31,33,35H,2,11-14,16H2,1H3,(H,30,36). The van der Waals surface area contributed by atoms with Gasteiger partial charge in [-0.05, 0) is 58.3 Å². The number of benzene rings is 2. The monoisotopic (exact) mass is 617 g/mol. The molecule has 3 atom stereocenters. The number of fused-ring (bicyclic) bond motifs is 1. The smallest absolute Gasteiger partial charge is 0.247 e. The van der Waals surface area contributed by atoms with Crippen LogP contribution in [0.4, 0.5) is 0 Å². The molecule has 1 aliphatic rings. The van der Waals surface area contributed by atoms with E-state index < -0.39 is 18.2 Å². The third-order valence-corrected chi connectivity index (χ3v) is 7.44. The predicted molar refractivity (Wildman–Crippen MR) is 150 cm³/mol. The highest BCUT2D eigenvalue weighted by Gasteiger charge is 2.40. The van der Waals surface area contributed by atoms with Crippen LogP contribution in [0.2, 0.25) is 0 Å². The number of aliphatic hydroxyl groups is 2. The number of carbonyl (C=O) groups is 2. The second-order valence-corrected chi connectivity index (χ2v) is 10.2. The van der Waals surface area contributed by atoms with Gasteiger partial charge in [0, 0.05) is 49.1 Å². The number of rotatable bonds is 10. The zero-order chi connectivity index (χ0) is 26.4. The first-order valence-electron chi connectivity index (χ1n) is 12.5. The van der Waals surface area contributed by atoms with Crippen molar-refractivity contribution >= 4 is 45.3 Å². The van der Waals surface area contributed by atoms with Crippen molar-refractivity contribution in [3.8, 4) is 5.75 Å². The molecule has 196 valence electrons. The zero-order valence-electron chi connectivity index (χ0n) is 20.7. The number of hydrogen-bond donors (Lipinski definition) is 4. The average Bonchev–Trinajstić information content (AvgIpc) is 3.33. The van der Waals surface area contributed by atoms with E-state index >= 15 is 0 Å². The van der Waals surface area contributed by atoms with E-state index in [9.17, 15) is 14.7 Å². The molecule has 3 aromatic rings. The van der Waals surface area contributed by atoms with Gasteiger partial charge in [-0.3, -0.25) is 9.59 Å². The Morgan fingerprint density at radius 1 is 1.19 bits per heavy atom. The van der Waals surface area contributed by atoms with Crippen molar-refractivity contribution < 1.29 is 24.5 Å². The van der Waals surface area contributed by atoms with Crippen LogP contribution in [0.1, 0.15) is 25.5 Å². The number of aromatic amines is 1. The van der Waals surface area contributed by atoms with Crippen LogP contribution < -0.4 is 10.1 Å². The van der Waals surface area contributed by atoms with Gasteiger partial charge in [-0.2, -0.15) is 0 Å². The first-order chi connectivity index (χ1) is 17.9. The summed E-state index contributed by atoms with van der Waals surface area (Å²) in [6.07, 6.45) is 0.787. The molecule has 0 saturated carbocycles. The van der Waals surface area contributed by atoms with Gasteiger partial charge in [0.05, 0.1) is 16.2 Å². The van der Waals surface area contributed by atoms with Crippen LogP contribution in [-0.4, -0.2) is 69.9 Å². The van der Waals surface area contributed by atoms with Crippen LogP contribution >= 0.6 is 22.6 Å². The number of aliphatic hydroxyl groups excluding tert-OH is 2. The summed E-state index contributed by atoms with van der Waals surface area (Å²) in [7, 11) is 0. The number of halogens is 1. The van der Waals surface area contributed by atoms with Gasteiger partial charge in [0.1, 0.15) is 18.0 Å². The van der Waals surface area contributed by atoms with Crippen LogP contribution in [0.3, 0.4) is 0 Å². The van der Waals surface area contributed by atoms with Crippen molar-refractivity contribution in [2.45, 2.75) is 44.4 Å². The van der Waals surface area contributed by atoms with Gasteiger partial charge in [0.2, 0.25) is 11.8 Å². The molecular weight excluding hydrogens is 585 g/mol. The Bertz CT molecular complexity index is 1240. The van der Waals surface area contributed by atoms with Crippen molar-refractivity contribution in [1.82, 2.24) is 15.2 Å². The van der Waals surface area contributed by atoms with E-state index in [1.165, 1.54) is 0 Å². The van der Waals surface area contributed by atoms with Gasteiger partial charge in [-0.15, -0.1) is 0 Å². The molecule has 1 aromatic heterocycles. The highest BCUT2D eigenvalue weighted by molar-refractivity contribution is 14.1. The largest absolute Gasteiger partial charge is 0.482 e. The number of nitrogens with zero attached hydrogens (tertiary/aromatic N) is 1. The third-order valence-electron chi connectivity index (χ3n) is 6.54. The minimum Gasteiger partial charge on any atom is -0.482 e. The van der Waals surface area contributed by atoms with Gasteiger partial charge in [-0.25, -0.2) is 0 Å². The number of hydrogen-bond acceptors (Lipinski definition) is 5. The molecule has 9 heteroatoms. The maximum atomic E-state index is 13.1. The lowest BCUT2D eigenvalue weighted by atomic mass is 9.88. The lowest BCUT2D eigenvalue weighted by Gasteiger charge is -2.40. The minimum atomic E-state index is -1.04. The summed E-state index contributed by atoms with van der Waals surface area (Å²) in [6, 6.07) is 16.8. The molecule has 0 radical (unpaired) electrons. The molecule has 4 rings (SSSR count). The van der Waals surface area contributed by atoms with Crippen molar-refractivity contribution in [3.05, 3.63) is 75.5 Å². The summed E-state index contributed by atoms with van der Waals surface area (Å²) in [6.45, 7) is 2.10. The normalized spacial score (nSPS) is 19.4. The fourth-order valence-electron chi connectivity index (χ4n) is 4.65. The molecule has 37 heavy (non-hydrogen) atoms. The van der Waals surface area contributed by atoms with Gasteiger partial charge in [-0.1, -0.05) is 37.3 Å². The Kier molecular flexibility index (Phi) is 9.23. The SMILES string of the molecule is CCC(=O)N(CCc1cc2ccccc2[nH]1)C1CC(C(=O)NCCO)=CC(Oc2ccccc2I)C1O. The lowest BCUT2D eigenvalue weighted by Crippen LogP contribution is -2.55. The molecule has 0 spiro atoms. The van der Waals surface area contributed by atoms with E-state index in [-0.39, 0.29) is 37.8 Å². The summed E-state index contributed by atoms with van der Waals surface area (Å²) in [5.41, 5.74) is 2.43. The predicted octanol–water partition coefficient (Wildman–Crippen LogP) is 3.17. The molecule has 3 unspecified atom stereocenters. The molecule has 0 bridgehead atoms. The molecule has 4 N–H and O–H groups in total. The number of ether oxygens (including phenoxy) is 1. The summed E-state index contributed by atoms with van der Waals surface area (Å²) in [5.74, 6) is 0.137. The number of nitrogens with one attached hydrogen (secondary N) is 2. The molecule has 1 heterocycles. The zero-order valence-corrected chi connectivity index (χ0v) is 22.9. The lowest BCUT2D eigenvalue weighted by molar-refractivity contribution is -0.138. The number of H-pyrrole nitrogens is 1. The average molecular weight is 617 g/mol. The minimum absolute atomic E-state index is 0.106. The molecular formula is C28H32IN3O5. The molecule has 1 aliphatic carbocycles. The number of carbonyl (C=O) groups excluding carboxylic acids is 2. The van der Waals surface area contributed by atoms with Crippen molar-refractivity contribution in [2.75, 3.05) is 19.7 Å². The highest BCUT2D eigenvalue weighted by Crippen LogP contribution is 2.30. The van der Waals surface area contributed by atoms with Crippen LogP contribution in [0, 0.1) is 3.57 Å². The Balaban J connectivity index is 1.60. The third kappa shape index (κ3) is 6.52. The van der Waals surface area contributed by atoms with E-state index in [1.54, 1.807) is 17.9 Å². The molecule has 2 amide bonds. The number of para-hydroxylation sites is 2. The summed E-state index contributed by atoms with van der Waals surface area (Å²) in [4.78, 5) is 31.1. The first-order valence-corrected chi connectivity index (χ1v) is 13.5. The Morgan fingerprint density at radius 2 is 1.95 bits per heavy atom. The Hall–Kier alpha value is -2.89. The van der Waals surface area contributed by atoms with E-state index in [0.717, 1.165) is 20.2 Å². The molecule has 0 saturated heterocycles. The van der Waals surface area contributed by atoms with Crippen molar-refractivity contribution in [1.29, 1.82) is 0 Å². The number of amides is 2. The van der Waals surface area contributed by atoms with E-state index in [4.69, 9.17) is 9.84 Å². The molecule has 0 aliphatic heterocycles. The molecule has 0 fully saturated rings. The Labute approximate surface area is 229 Å². The highest BCUT2D eigenvalue weighted by atomic mass is 127. The second-order valence-electron chi connectivity index (χ2n) is 9.02. The summed E-state index contributed by atoms with van der Waals surface area (Å²) in [5, 5.41) is 24.4. The van der Waals surface area contributed by atoms with Gasteiger partial charge >= 0.3 is 0 Å². The maximum absolute atomic E-state index is 13.1. The topological polar surface area (TPSA) is 115 Å². The second kappa shape index (κ2) is 12.6. The molecule has 8 nitrogen and oxygen atoms in total. The fourth-order valence-corrected chi connectivity index (χ4v) is 5.17. The van der Waals surface area contributed by atoms with Crippen LogP contribution in [0.5, 0.6) is 5.75 Å². The van der Waals surface area contributed by atoms with Crippen LogP contribution in [0.15, 0.2) is 66.2 Å². The maximum Gasteiger partial charge on any atom is 0.247 e. The van der Waals surface area contributed by atoms with E-state index in [1.807, 2.05) is 48.5 Å². The summed E-state index contributed by atoms with van der Waals surface area (Å²) >= 11 is 2.16. The van der Waals surface area contributed by atoms with E-state index in [0.29, 0.717) is 24.3 Å². The number of aromatic nitrogens is 1. The quantitative estimate of drug-likeness (QED) is 0.261. The Morgan fingerprint density at radius 3 is 2.68 bits per heavy atom. The van der Waals surface area contributed by atoms with E-state index in [2.05, 4.69) is 39.0 Å².